The number of amidine groups is 1. The van der Waals surface area contributed by atoms with E-state index in [9.17, 15) is 0 Å². The molecule has 3 saturated heterocycles. The van der Waals surface area contributed by atoms with Gasteiger partial charge in [0.1, 0.15) is 0 Å². The van der Waals surface area contributed by atoms with E-state index in [1.807, 2.05) is 6.07 Å². The average Bonchev–Trinajstić information content (AvgIpc) is 2.89. The topological polar surface area (TPSA) is 181 Å². The van der Waals surface area contributed by atoms with E-state index in [1.54, 1.807) is 0 Å². The molecule has 0 aromatic carbocycles. The van der Waals surface area contributed by atoms with Crippen LogP contribution in [0.4, 0.5) is 0 Å². The maximum absolute atomic E-state index is 8.38. The molecule has 13 nitrogen and oxygen atoms in total. The summed E-state index contributed by atoms with van der Waals surface area (Å²) >= 11 is 2.89. The highest BCUT2D eigenvalue weighted by Gasteiger charge is 2.14. The van der Waals surface area contributed by atoms with Crippen LogP contribution in [0.25, 0.3) is 0 Å². The van der Waals surface area contributed by atoms with E-state index in [0.717, 1.165) is 65.4 Å². The van der Waals surface area contributed by atoms with Crippen molar-refractivity contribution in [3.63, 3.8) is 0 Å². The summed E-state index contributed by atoms with van der Waals surface area (Å²) in [7, 11) is 6.37. The van der Waals surface area contributed by atoms with Crippen LogP contribution in [0, 0.1) is 22.7 Å². The maximum atomic E-state index is 8.38. The monoisotopic (exact) mass is 611 g/mol. The number of hydrogen-bond donors (Lipinski definition) is 5. The van der Waals surface area contributed by atoms with E-state index in [1.165, 1.54) is 13.1 Å². The number of nitrogens with zero attached hydrogens (tertiary/aromatic N) is 8. The van der Waals surface area contributed by atoms with Crippen LogP contribution in [0.2, 0.25) is 0 Å². The minimum atomic E-state index is 0. The summed E-state index contributed by atoms with van der Waals surface area (Å²) in [6.07, 6.45) is 0. The number of nitriles is 2. The number of likely N-dealkylation sites (N-methyl/N-ethyl adjacent to an activating group) is 3. The molecule has 7 N–H and O–H groups in total. The van der Waals surface area contributed by atoms with Crippen molar-refractivity contribution in [2.45, 2.75) is 22.3 Å². The maximum Gasteiger partial charge on any atom is 0.153 e. The molecule has 0 amide bonds. The molecule has 3 heterocycles. The Bertz CT molecular complexity index is 581. The van der Waals surface area contributed by atoms with Crippen LogP contribution >= 0.6 is 15.9 Å². The zero-order valence-electron chi connectivity index (χ0n) is 21.6. The van der Waals surface area contributed by atoms with Crippen LogP contribution in [0.15, 0.2) is 5.16 Å². The summed E-state index contributed by atoms with van der Waals surface area (Å²) in [4.78, 5) is 11.2. The van der Waals surface area contributed by atoms with E-state index < -0.39 is 0 Å². The van der Waals surface area contributed by atoms with Gasteiger partial charge in [0.05, 0.1) is 30.6 Å². The minimum Gasteiger partial charge on any atom is -0.409 e. The van der Waals surface area contributed by atoms with Gasteiger partial charge >= 0.3 is 0 Å². The van der Waals surface area contributed by atoms with Crippen molar-refractivity contribution >= 4 is 21.8 Å². The van der Waals surface area contributed by atoms with Gasteiger partial charge in [-0.05, 0) is 21.1 Å². The molecule has 0 unspecified atom stereocenters. The molecule has 0 aliphatic carbocycles. The first kappa shape index (κ1) is 46.3. The van der Waals surface area contributed by atoms with Gasteiger partial charge in [0, 0.05) is 78.5 Å². The summed E-state index contributed by atoms with van der Waals surface area (Å²) in [6, 6.07) is 4.01. The second kappa shape index (κ2) is 33.4. The van der Waals surface area contributed by atoms with Crippen molar-refractivity contribution in [3.8, 4) is 12.1 Å². The number of halogens is 1. The summed E-state index contributed by atoms with van der Waals surface area (Å²) in [5.74, 6) is 3.79. The number of rotatable bonds is 3. The first-order valence-corrected chi connectivity index (χ1v) is 12.7. The summed E-state index contributed by atoms with van der Waals surface area (Å²) in [5, 5.41) is 37.5. The Morgan fingerprint density at radius 3 is 1.45 bits per heavy atom. The van der Waals surface area contributed by atoms with Gasteiger partial charge < -0.3 is 36.2 Å². The predicted octanol–water partition coefficient (Wildman–Crippen LogP) is 0.406. The van der Waals surface area contributed by atoms with E-state index in [2.05, 4.69) is 84.0 Å². The molecule has 38 heavy (non-hydrogen) atoms. The van der Waals surface area contributed by atoms with E-state index in [4.69, 9.17) is 26.7 Å². The van der Waals surface area contributed by atoms with Gasteiger partial charge in [-0.15, -0.1) is 0 Å². The average molecular weight is 613 g/mol. The molecule has 0 aromatic rings. The van der Waals surface area contributed by atoms with E-state index in [0.29, 0.717) is 24.3 Å². The fourth-order valence-electron chi connectivity index (χ4n) is 3.15. The Morgan fingerprint density at radius 2 is 1.16 bits per heavy atom. The zero-order chi connectivity index (χ0) is 26.9. The molecule has 3 aliphatic rings. The summed E-state index contributed by atoms with van der Waals surface area (Å²) < 4.78 is 0. The zero-order valence-corrected chi connectivity index (χ0v) is 23.2. The number of oxime groups is 1. The van der Waals surface area contributed by atoms with Crippen molar-refractivity contribution in [1.82, 2.24) is 29.8 Å². The third-order valence-electron chi connectivity index (χ3n) is 5.40. The largest absolute Gasteiger partial charge is 0.409 e. The molecular weight excluding hydrogens is 554 g/mol. The second-order valence-electron chi connectivity index (χ2n) is 8.25. The number of hydrogen-bond acceptors (Lipinski definition) is 12. The number of alkyl halides is 1. The third-order valence-corrected chi connectivity index (χ3v) is 5.65. The first-order chi connectivity index (χ1) is 16.9. The first-order valence-electron chi connectivity index (χ1n) is 11.6. The molecule has 0 radical (unpaired) electrons. The minimum absolute atomic E-state index is 0. The molecule has 0 atom stereocenters. The highest BCUT2D eigenvalue weighted by Crippen LogP contribution is 1.98. The van der Waals surface area contributed by atoms with E-state index >= 15 is 0 Å². The van der Waals surface area contributed by atoms with Gasteiger partial charge in [-0.2, -0.15) is 10.5 Å². The molecule has 3 rings (SSSR count). The molecule has 0 spiro atoms. The lowest BCUT2D eigenvalue weighted by Gasteiger charge is -2.31. The van der Waals surface area contributed by atoms with Gasteiger partial charge in [-0.3, -0.25) is 9.80 Å². The molecule has 3 fully saturated rings. The lowest BCUT2D eigenvalue weighted by atomic mass is 10.3. The Kier molecular flexibility index (Phi) is 40.7. The van der Waals surface area contributed by atoms with Crippen LogP contribution in [0.5, 0.6) is 0 Å². The van der Waals surface area contributed by atoms with Gasteiger partial charge in [0.25, 0.3) is 0 Å². The Morgan fingerprint density at radius 1 is 0.789 bits per heavy atom. The van der Waals surface area contributed by atoms with Crippen LogP contribution in [-0.2, 0) is 0 Å². The highest BCUT2D eigenvalue weighted by molar-refractivity contribution is 9.09. The van der Waals surface area contributed by atoms with Crippen LogP contribution < -0.4 is 16.9 Å². The Labute approximate surface area is 241 Å². The quantitative estimate of drug-likeness (QED) is 0.0741. The molecular formula is C24H58BrN11O2. The van der Waals surface area contributed by atoms with Crippen molar-refractivity contribution in [3.05, 3.63) is 0 Å². The van der Waals surface area contributed by atoms with Crippen LogP contribution in [0.1, 0.15) is 22.3 Å². The Balaban J connectivity index is -0.000000128. The van der Waals surface area contributed by atoms with Crippen molar-refractivity contribution < 1.29 is 10.4 Å². The predicted molar refractivity (Wildman–Crippen MR) is 163 cm³/mol. The standard InChI is InChI=1S/C7H16N4O.C7H13N3.C5H12N2.C2H2BrN.3CH4.H3NO/c1-10-2-4-11(5-3-10)6-7(8)9-12;1-9-4-6-10(3-2-8)7-5-9;1-7-4-2-6-3-5-7;3-1-2-4;;;;1-2/h12H,2-6H2,1H3,(H2,8,9);3-7H2,1H3;6H,2-5H2,1H3;1H2;3*1H4;2H,1H2. The molecule has 0 aromatic heterocycles. The molecule has 0 bridgehead atoms. The number of piperazine rings is 3. The van der Waals surface area contributed by atoms with E-state index in [-0.39, 0.29) is 22.3 Å². The third kappa shape index (κ3) is 29.0. The fraction of sp³-hybridized carbons (Fsp3) is 0.875. The number of nitrogens with one attached hydrogen (secondary N) is 1. The van der Waals surface area contributed by atoms with Crippen LogP contribution in [-0.4, -0.2) is 159 Å². The smallest absolute Gasteiger partial charge is 0.153 e. The van der Waals surface area contributed by atoms with Crippen molar-refractivity contribution in [2.24, 2.45) is 16.8 Å². The SMILES string of the molecule is C.C.C.CN1CCN(C/C(N)=N/O)CC1.CN1CCN(CC#N)CC1.CN1CCNCC1.N#CCBr.NO. The van der Waals surface area contributed by atoms with Crippen molar-refractivity contribution in [1.29, 1.82) is 10.5 Å². The second-order valence-corrected chi connectivity index (χ2v) is 8.81. The lowest BCUT2D eigenvalue weighted by Crippen LogP contribution is -2.47. The number of nitrogens with two attached hydrogens (primary N) is 2. The van der Waals surface area contributed by atoms with Gasteiger partial charge in [-0.25, -0.2) is 5.90 Å². The Hall–Kier alpha value is -1.59. The highest BCUT2D eigenvalue weighted by atomic mass is 79.9. The molecule has 3 aliphatic heterocycles. The molecule has 0 saturated carbocycles. The summed E-state index contributed by atoms with van der Waals surface area (Å²) in [6.45, 7) is 14.3. The van der Waals surface area contributed by atoms with Crippen LogP contribution in [0.3, 0.4) is 0 Å². The van der Waals surface area contributed by atoms with Crippen molar-refractivity contribution in [2.75, 3.05) is 118 Å². The normalized spacial score (nSPS) is 18.5. The van der Waals surface area contributed by atoms with Gasteiger partial charge in [0.15, 0.2) is 5.84 Å². The van der Waals surface area contributed by atoms with Gasteiger partial charge in [0.2, 0.25) is 0 Å². The lowest BCUT2D eigenvalue weighted by molar-refractivity contribution is 0.168. The molecule has 14 heteroatoms. The van der Waals surface area contributed by atoms with Gasteiger partial charge in [-0.1, -0.05) is 43.4 Å². The summed E-state index contributed by atoms with van der Waals surface area (Å²) in [5.41, 5.74) is 5.38. The molecule has 228 valence electrons. The fourth-order valence-corrected chi connectivity index (χ4v) is 3.15.